The summed E-state index contributed by atoms with van der Waals surface area (Å²) in [6.45, 7) is 0.290. The van der Waals surface area contributed by atoms with Crippen LogP contribution in [0, 0.1) is 0 Å². The summed E-state index contributed by atoms with van der Waals surface area (Å²) >= 11 is 0. The van der Waals surface area contributed by atoms with Crippen LogP contribution in [-0.2, 0) is 22.6 Å². The fraction of sp³-hybridized carbons (Fsp3) is 0.235. The lowest BCUT2D eigenvalue weighted by atomic mass is 10.1. The van der Waals surface area contributed by atoms with E-state index in [1.165, 1.54) is 7.11 Å². The van der Waals surface area contributed by atoms with Crippen LogP contribution in [0.4, 0.5) is 0 Å². The number of hydrogen-bond acceptors (Lipinski definition) is 4. The number of aryl methyl sites for hydroxylation is 1. The SMILES string of the molecule is COc1cc(CCC(=O)OCc2ccccc2)ccc1O. The molecule has 21 heavy (non-hydrogen) atoms. The molecular formula is C17H18O4. The number of rotatable bonds is 6. The van der Waals surface area contributed by atoms with Gasteiger partial charge in [0.25, 0.3) is 0 Å². The Morgan fingerprint density at radius 2 is 1.86 bits per heavy atom. The van der Waals surface area contributed by atoms with Crippen molar-refractivity contribution in [2.75, 3.05) is 7.11 Å². The zero-order valence-electron chi connectivity index (χ0n) is 11.9. The van der Waals surface area contributed by atoms with E-state index in [1.807, 2.05) is 30.3 Å². The van der Waals surface area contributed by atoms with Gasteiger partial charge in [-0.15, -0.1) is 0 Å². The molecule has 0 unspecified atom stereocenters. The zero-order valence-corrected chi connectivity index (χ0v) is 11.9. The van der Waals surface area contributed by atoms with E-state index in [0.29, 0.717) is 25.2 Å². The highest BCUT2D eigenvalue weighted by Crippen LogP contribution is 2.26. The molecule has 0 aliphatic rings. The largest absolute Gasteiger partial charge is 0.504 e. The predicted molar refractivity (Wildman–Crippen MR) is 79.2 cm³/mol. The van der Waals surface area contributed by atoms with E-state index in [0.717, 1.165) is 11.1 Å². The van der Waals surface area contributed by atoms with Gasteiger partial charge in [-0.25, -0.2) is 0 Å². The van der Waals surface area contributed by atoms with Crippen LogP contribution in [0.15, 0.2) is 48.5 Å². The van der Waals surface area contributed by atoms with Crippen molar-refractivity contribution < 1.29 is 19.4 Å². The van der Waals surface area contributed by atoms with Crippen LogP contribution in [0.2, 0.25) is 0 Å². The van der Waals surface area contributed by atoms with E-state index in [1.54, 1.807) is 18.2 Å². The summed E-state index contributed by atoms with van der Waals surface area (Å²) < 4.78 is 10.2. The molecule has 0 atom stereocenters. The second-order valence-electron chi connectivity index (χ2n) is 4.65. The molecule has 0 saturated carbocycles. The smallest absolute Gasteiger partial charge is 0.306 e. The molecular weight excluding hydrogens is 268 g/mol. The lowest BCUT2D eigenvalue weighted by Crippen LogP contribution is -2.06. The van der Waals surface area contributed by atoms with Gasteiger partial charge in [0.15, 0.2) is 11.5 Å². The van der Waals surface area contributed by atoms with Crippen molar-refractivity contribution in [2.24, 2.45) is 0 Å². The van der Waals surface area contributed by atoms with Crippen molar-refractivity contribution in [1.82, 2.24) is 0 Å². The summed E-state index contributed by atoms with van der Waals surface area (Å²) in [6.07, 6.45) is 0.838. The molecule has 0 heterocycles. The van der Waals surface area contributed by atoms with Crippen molar-refractivity contribution in [2.45, 2.75) is 19.4 Å². The number of hydrogen-bond donors (Lipinski definition) is 1. The second kappa shape index (κ2) is 7.33. The van der Waals surface area contributed by atoms with E-state index >= 15 is 0 Å². The molecule has 0 aliphatic heterocycles. The molecule has 0 fully saturated rings. The Balaban J connectivity index is 1.81. The van der Waals surface area contributed by atoms with Crippen LogP contribution in [0.1, 0.15) is 17.5 Å². The quantitative estimate of drug-likeness (QED) is 0.829. The van der Waals surface area contributed by atoms with Crippen molar-refractivity contribution in [1.29, 1.82) is 0 Å². The van der Waals surface area contributed by atoms with E-state index < -0.39 is 0 Å². The van der Waals surface area contributed by atoms with Gasteiger partial charge in [0, 0.05) is 6.42 Å². The Hall–Kier alpha value is -2.49. The van der Waals surface area contributed by atoms with Crippen LogP contribution < -0.4 is 4.74 Å². The third-order valence-electron chi connectivity index (χ3n) is 3.10. The van der Waals surface area contributed by atoms with Gasteiger partial charge >= 0.3 is 5.97 Å². The number of ether oxygens (including phenoxy) is 2. The lowest BCUT2D eigenvalue weighted by molar-refractivity contribution is -0.144. The highest BCUT2D eigenvalue weighted by atomic mass is 16.5. The van der Waals surface area contributed by atoms with E-state index in [9.17, 15) is 9.90 Å². The predicted octanol–water partition coefficient (Wildman–Crippen LogP) is 3.08. The Morgan fingerprint density at radius 3 is 2.57 bits per heavy atom. The third kappa shape index (κ3) is 4.53. The Labute approximate surface area is 123 Å². The fourth-order valence-electron chi connectivity index (χ4n) is 1.93. The Kier molecular flexibility index (Phi) is 5.21. The fourth-order valence-corrected chi connectivity index (χ4v) is 1.93. The summed E-state index contributed by atoms with van der Waals surface area (Å²) in [5.74, 6) is 0.254. The van der Waals surface area contributed by atoms with E-state index in [2.05, 4.69) is 0 Å². The molecule has 2 aromatic carbocycles. The molecule has 0 spiro atoms. The average Bonchev–Trinajstić information content (AvgIpc) is 2.53. The van der Waals surface area contributed by atoms with Gasteiger partial charge in [0.2, 0.25) is 0 Å². The minimum atomic E-state index is -0.245. The van der Waals surface area contributed by atoms with Crippen LogP contribution in [0.5, 0.6) is 11.5 Å². The minimum Gasteiger partial charge on any atom is -0.504 e. The van der Waals surface area contributed by atoms with Crippen molar-refractivity contribution in [3.05, 3.63) is 59.7 Å². The van der Waals surface area contributed by atoms with Crippen LogP contribution in [0.25, 0.3) is 0 Å². The van der Waals surface area contributed by atoms with Crippen LogP contribution in [-0.4, -0.2) is 18.2 Å². The Bertz CT molecular complexity index is 593. The van der Waals surface area contributed by atoms with Crippen LogP contribution in [0.3, 0.4) is 0 Å². The Morgan fingerprint density at radius 1 is 1.10 bits per heavy atom. The molecule has 4 nitrogen and oxygen atoms in total. The molecule has 2 aromatic rings. The molecule has 0 amide bonds. The molecule has 0 radical (unpaired) electrons. The first-order chi connectivity index (χ1) is 10.2. The summed E-state index contributed by atoms with van der Waals surface area (Å²) in [5.41, 5.74) is 1.89. The monoisotopic (exact) mass is 286 g/mol. The van der Waals surface area contributed by atoms with Gasteiger partial charge in [0.1, 0.15) is 6.61 Å². The summed E-state index contributed by atoms with van der Waals surface area (Å²) in [6, 6.07) is 14.6. The second-order valence-corrected chi connectivity index (χ2v) is 4.65. The maximum absolute atomic E-state index is 11.7. The zero-order chi connectivity index (χ0) is 15.1. The number of phenols is 1. The van der Waals surface area contributed by atoms with Crippen LogP contribution >= 0.6 is 0 Å². The number of carbonyl (C=O) groups excluding carboxylic acids is 1. The number of esters is 1. The number of phenolic OH excluding ortho intramolecular Hbond substituents is 1. The first-order valence-corrected chi connectivity index (χ1v) is 6.74. The van der Waals surface area contributed by atoms with Crippen molar-refractivity contribution >= 4 is 5.97 Å². The average molecular weight is 286 g/mol. The van der Waals surface area contributed by atoms with Gasteiger partial charge in [0.05, 0.1) is 7.11 Å². The molecule has 2 rings (SSSR count). The molecule has 110 valence electrons. The van der Waals surface area contributed by atoms with Crippen molar-refractivity contribution in [3.63, 3.8) is 0 Å². The number of methoxy groups -OCH3 is 1. The number of aromatic hydroxyl groups is 1. The van der Waals surface area contributed by atoms with Gasteiger partial charge in [-0.1, -0.05) is 36.4 Å². The van der Waals surface area contributed by atoms with Gasteiger partial charge in [-0.05, 0) is 29.7 Å². The van der Waals surface area contributed by atoms with Crippen molar-refractivity contribution in [3.8, 4) is 11.5 Å². The third-order valence-corrected chi connectivity index (χ3v) is 3.10. The first kappa shape index (κ1) is 14.9. The number of benzene rings is 2. The standard InChI is InChI=1S/C17H18O4/c1-20-16-11-13(7-9-15(16)18)8-10-17(19)21-12-14-5-3-2-4-6-14/h2-7,9,11,18H,8,10,12H2,1H3. The van der Waals surface area contributed by atoms with Gasteiger partial charge in [-0.2, -0.15) is 0 Å². The topological polar surface area (TPSA) is 55.8 Å². The van der Waals surface area contributed by atoms with Gasteiger partial charge in [-0.3, -0.25) is 4.79 Å². The normalized spacial score (nSPS) is 10.1. The summed E-state index contributed by atoms with van der Waals surface area (Å²) in [7, 11) is 1.49. The highest BCUT2D eigenvalue weighted by molar-refractivity contribution is 5.69. The molecule has 0 aliphatic carbocycles. The maximum atomic E-state index is 11.7. The minimum absolute atomic E-state index is 0.0907. The number of carbonyl (C=O) groups is 1. The molecule has 0 aromatic heterocycles. The highest BCUT2D eigenvalue weighted by Gasteiger charge is 2.07. The van der Waals surface area contributed by atoms with E-state index in [-0.39, 0.29) is 11.7 Å². The molecule has 1 N–H and O–H groups in total. The van der Waals surface area contributed by atoms with E-state index in [4.69, 9.17) is 9.47 Å². The maximum Gasteiger partial charge on any atom is 0.306 e. The molecule has 0 saturated heterocycles. The first-order valence-electron chi connectivity index (χ1n) is 6.74. The molecule has 4 heteroatoms. The summed E-state index contributed by atoms with van der Waals surface area (Å²) in [4.78, 5) is 11.7. The molecule has 0 bridgehead atoms. The summed E-state index contributed by atoms with van der Waals surface area (Å²) in [5, 5.41) is 9.51. The van der Waals surface area contributed by atoms with Gasteiger partial charge < -0.3 is 14.6 Å². The lowest BCUT2D eigenvalue weighted by Gasteiger charge is -2.07.